The molecule has 1 heterocycles. The minimum absolute atomic E-state index is 0.395. The third-order valence-electron chi connectivity index (χ3n) is 2.87. The Balaban J connectivity index is 1.98. The number of nitrogen functional groups attached to an aromatic ring is 1. The standard InChI is InChI=1S/C15H18N2O/c1-11-3-2-4-12(7-11)8-14(18)9-13-5-6-17-15(16)10-13/h2-7,10,14,18H,8-9H2,1H3,(H2,16,17). The van der Waals surface area contributed by atoms with Crippen molar-refractivity contribution >= 4 is 5.82 Å². The molecule has 0 amide bonds. The molecule has 0 saturated heterocycles. The SMILES string of the molecule is Cc1cccc(CC(O)Cc2ccnc(N)c2)c1. The van der Waals surface area contributed by atoms with Gasteiger partial charge in [-0.25, -0.2) is 4.98 Å². The van der Waals surface area contributed by atoms with Gasteiger partial charge in [0.1, 0.15) is 5.82 Å². The number of aryl methyl sites for hydroxylation is 1. The van der Waals surface area contributed by atoms with E-state index in [2.05, 4.69) is 24.0 Å². The van der Waals surface area contributed by atoms with Crippen molar-refractivity contribution in [1.82, 2.24) is 4.98 Å². The predicted molar refractivity (Wildman–Crippen MR) is 73.2 cm³/mol. The lowest BCUT2D eigenvalue weighted by Gasteiger charge is -2.11. The number of benzene rings is 1. The minimum atomic E-state index is -0.395. The van der Waals surface area contributed by atoms with Crippen LogP contribution < -0.4 is 5.73 Å². The summed E-state index contributed by atoms with van der Waals surface area (Å²) in [6.07, 6.45) is 2.53. The molecule has 0 aliphatic heterocycles. The molecule has 1 aromatic carbocycles. The fourth-order valence-corrected chi connectivity index (χ4v) is 2.08. The third kappa shape index (κ3) is 3.57. The Kier molecular flexibility index (Phi) is 3.95. The van der Waals surface area contributed by atoms with Gasteiger partial charge in [-0.3, -0.25) is 0 Å². The molecule has 94 valence electrons. The summed E-state index contributed by atoms with van der Waals surface area (Å²) in [6, 6.07) is 11.9. The van der Waals surface area contributed by atoms with E-state index in [1.807, 2.05) is 18.2 Å². The molecule has 2 rings (SSSR count). The van der Waals surface area contributed by atoms with Gasteiger partial charge in [-0.05, 0) is 43.0 Å². The zero-order valence-corrected chi connectivity index (χ0v) is 10.5. The second kappa shape index (κ2) is 5.65. The van der Waals surface area contributed by atoms with E-state index < -0.39 is 6.10 Å². The van der Waals surface area contributed by atoms with E-state index in [1.165, 1.54) is 5.56 Å². The zero-order chi connectivity index (χ0) is 13.0. The lowest BCUT2D eigenvalue weighted by atomic mass is 10.0. The fourth-order valence-electron chi connectivity index (χ4n) is 2.08. The quantitative estimate of drug-likeness (QED) is 0.863. The molecule has 3 N–H and O–H groups in total. The molecule has 3 nitrogen and oxygen atoms in total. The molecule has 18 heavy (non-hydrogen) atoms. The average Bonchev–Trinajstić information content (AvgIpc) is 2.28. The van der Waals surface area contributed by atoms with Gasteiger partial charge in [-0.2, -0.15) is 0 Å². The van der Waals surface area contributed by atoms with E-state index in [4.69, 9.17) is 5.73 Å². The highest BCUT2D eigenvalue weighted by Gasteiger charge is 2.07. The van der Waals surface area contributed by atoms with Crippen molar-refractivity contribution in [2.45, 2.75) is 25.9 Å². The second-order valence-corrected chi connectivity index (χ2v) is 4.64. The summed E-state index contributed by atoms with van der Waals surface area (Å²) in [6.45, 7) is 2.06. The third-order valence-corrected chi connectivity index (χ3v) is 2.87. The Labute approximate surface area is 107 Å². The molecule has 0 radical (unpaired) electrons. The predicted octanol–water partition coefficient (Wildman–Crippen LogP) is 2.12. The summed E-state index contributed by atoms with van der Waals surface area (Å²) < 4.78 is 0. The highest BCUT2D eigenvalue weighted by molar-refractivity contribution is 5.32. The first-order chi connectivity index (χ1) is 8.63. The highest BCUT2D eigenvalue weighted by atomic mass is 16.3. The van der Waals surface area contributed by atoms with Crippen molar-refractivity contribution in [3.05, 3.63) is 59.3 Å². The Morgan fingerprint density at radius 3 is 2.56 bits per heavy atom. The van der Waals surface area contributed by atoms with Crippen LogP contribution in [0.5, 0.6) is 0 Å². The van der Waals surface area contributed by atoms with Crippen LogP contribution in [0, 0.1) is 6.92 Å². The molecular weight excluding hydrogens is 224 g/mol. The van der Waals surface area contributed by atoms with Crippen molar-refractivity contribution in [3.63, 3.8) is 0 Å². The molecule has 0 aliphatic rings. The first-order valence-corrected chi connectivity index (χ1v) is 6.07. The normalized spacial score (nSPS) is 12.3. The molecule has 0 aliphatic carbocycles. The van der Waals surface area contributed by atoms with Crippen LogP contribution in [-0.4, -0.2) is 16.2 Å². The maximum absolute atomic E-state index is 10.1. The number of anilines is 1. The summed E-state index contributed by atoms with van der Waals surface area (Å²) in [5.74, 6) is 0.496. The second-order valence-electron chi connectivity index (χ2n) is 4.64. The van der Waals surface area contributed by atoms with E-state index >= 15 is 0 Å². The van der Waals surface area contributed by atoms with Gasteiger partial charge in [0.05, 0.1) is 6.10 Å². The van der Waals surface area contributed by atoms with Crippen LogP contribution in [0.4, 0.5) is 5.82 Å². The van der Waals surface area contributed by atoms with Crippen LogP contribution in [-0.2, 0) is 12.8 Å². The van der Waals surface area contributed by atoms with Crippen LogP contribution >= 0.6 is 0 Å². The minimum Gasteiger partial charge on any atom is -0.392 e. The van der Waals surface area contributed by atoms with Crippen LogP contribution in [0.3, 0.4) is 0 Å². The molecule has 2 aromatic rings. The highest BCUT2D eigenvalue weighted by Crippen LogP contribution is 2.11. The number of pyridine rings is 1. The summed E-state index contributed by atoms with van der Waals surface area (Å²) in [4.78, 5) is 3.94. The molecule has 1 atom stereocenters. The molecule has 0 saturated carbocycles. The van der Waals surface area contributed by atoms with Gasteiger partial charge in [0.25, 0.3) is 0 Å². The summed E-state index contributed by atoms with van der Waals surface area (Å²) in [7, 11) is 0. The Hall–Kier alpha value is -1.87. The first-order valence-electron chi connectivity index (χ1n) is 6.07. The van der Waals surface area contributed by atoms with E-state index in [0.717, 1.165) is 11.1 Å². The molecule has 0 bridgehead atoms. The number of rotatable bonds is 4. The number of aromatic nitrogens is 1. The van der Waals surface area contributed by atoms with Crippen molar-refractivity contribution in [2.24, 2.45) is 0 Å². The molecule has 0 fully saturated rings. The fraction of sp³-hybridized carbons (Fsp3) is 0.267. The summed E-state index contributed by atoms with van der Waals surface area (Å²) >= 11 is 0. The van der Waals surface area contributed by atoms with Crippen molar-refractivity contribution < 1.29 is 5.11 Å². The number of nitrogens with zero attached hydrogens (tertiary/aromatic N) is 1. The van der Waals surface area contributed by atoms with Gasteiger partial charge in [0, 0.05) is 6.20 Å². The number of nitrogens with two attached hydrogens (primary N) is 1. The van der Waals surface area contributed by atoms with Crippen LogP contribution in [0.15, 0.2) is 42.6 Å². The molecular formula is C15H18N2O. The van der Waals surface area contributed by atoms with Gasteiger partial charge in [0.2, 0.25) is 0 Å². The van der Waals surface area contributed by atoms with E-state index in [-0.39, 0.29) is 0 Å². The van der Waals surface area contributed by atoms with Gasteiger partial charge >= 0.3 is 0 Å². The summed E-state index contributed by atoms with van der Waals surface area (Å²) in [5, 5.41) is 10.1. The van der Waals surface area contributed by atoms with Crippen molar-refractivity contribution in [3.8, 4) is 0 Å². The van der Waals surface area contributed by atoms with E-state index in [1.54, 1.807) is 12.3 Å². The maximum Gasteiger partial charge on any atom is 0.123 e. The van der Waals surface area contributed by atoms with Crippen LogP contribution in [0.1, 0.15) is 16.7 Å². The lowest BCUT2D eigenvalue weighted by molar-refractivity contribution is 0.175. The average molecular weight is 242 g/mol. The molecule has 1 aromatic heterocycles. The topological polar surface area (TPSA) is 59.1 Å². The monoisotopic (exact) mass is 242 g/mol. The largest absolute Gasteiger partial charge is 0.392 e. The number of aliphatic hydroxyl groups excluding tert-OH is 1. The molecule has 0 spiro atoms. The van der Waals surface area contributed by atoms with E-state index in [9.17, 15) is 5.11 Å². The van der Waals surface area contributed by atoms with Gasteiger partial charge in [-0.1, -0.05) is 29.8 Å². The first kappa shape index (κ1) is 12.6. The van der Waals surface area contributed by atoms with Gasteiger partial charge in [-0.15, -0.1) is 0 Å². The Morgan fingerprint density at radius 2 is 1.89 bits per heavy atom. The molecule has 1 unspecified atom stereocenters. The van der Waals surface area contributed by atoms with E-state index in [0.29, 0.717) is 18.7 Å². The van der Waals surface area contributed by atoms with Gasteiger partial charge < -0.3 is 10.8 Å². The smallest absolute Gasteiger partial charge is 0.123 e. The van der Waals surface area contributed by atoms with Crippen molar-refractivity contribution in [2.75, 3.05) is 5.73 Å². The number of aliphatic hydroxyl groups is 1. The molecule has 3 heteroatoms. The Morgan fingerprint density at radius 1 is 1.17 bits per heavy atom. The Bertz CT molecular complexity index is 478. The van der Waals surface area contributed by atoms with Crippen molar-refractivity contribution in [1.29, 1.82) is 0 Å². The van der Waals surface area contributed by atoms with Crippen LogP contribution in [0.25, 0.3) is 0 Å². The number of hydrogen-bond acceptors (Lipinski definition) is 3. The van der Waals surface area contributed by atoms with Gasteiger partial charge in [0.15, 0.2) is 0 Å². The van der Waals surface area contributed by atoms with Crippen LogP contribution in [0.2, 0.25) is 0 Å². The lowest BCUT2D eigenvalue weighted by Crippen LogP contribution is -2.14. The zero-order valence-electron chi connectivity index (χ0n) is 10.5. The maximum atomic E-state index is 10.1. The number of hydrogen-bond donors (Lipinski definition) is 2. The summed E-state index contributed by atoms with van der Waals surface area (Å²) in [5.41, 5.74) is 9.00.